The average molecular weight is 395 g/mol. The number of aliphatic imine (C=N–C) groups is 1. The van der Waals surface area contributed by atoms with E-state index in [0.717, 1.165) is 6.07 Å². The molecular formula is C19H26FN3O5. The number of carbonyl (C=O) groups is 2. The maximum absolute atomic E-state index is 14.7. The molecule has 1 aliphatic heterocycles. The predicted octanol–water partition coefficient (Wildman–Crippen LogP) is 2.06. The number of hydrogen-bond donors (Lipinski definition) is 3. The number of halogens is 1. The SMILES string of the molecule is CNC(=NC(=O)OC(C)(C)C)NC1(c2cc(O)ccc2F)COCCC1C=O. The molecule has 8 nitrogen and oxygen atoms in total. The van der Waals surface area contributed by atoms with Gasteiger partial charge in [-0.15, -0.1) is 4.99 Å². The van der Waals surface area contributed by atoms with Crippen LogP contribution < -0.4 is 10.6 Å². The van der Waals surface area contributed by atoms with Crippen LogP contribution in [0.25, 0.3) is 0 Å². The number of nitrogens with one attached hydrogen (secondary N) is 2. The third-order valence-corrected chi connectivity index (χ3v) is 4.31. The number of ether oxygens (including phenoxy) is 2. The van der Waals surface area contributed by atoms with Crippen molar-refractivity contribution in [1.82, 2.24) is 10.6 Å². The zero-order valence-electron chi connectivity index (χ0n) is 16.4. The van der Waals surface area contributed by atoms with Gasteiger partial charge in [0.05, 0.1) is 6.61 Å². The van der Waals surface area contributed by atoms with Crippen molar-refractivity contribution in [3.63, 3.8) is 0 Å². The number of carbonyl (C=O) groups excluding carboxylic acids is 2. The van der Waals surface area contributed by atoms with Crippen LogP contribution in [0.5, 0.6) is 5.75 Å². The number of amides is 1. The summed E-state index contributed by atoms with van der Waals surface area (Å²) in [5.41, 5.74) is -2.07. The van der Waals surface area contributed by atoms with Crippen LogP contribution in [0.1, 0.15) is 32.8 Å². The van der Waals surface area contributed by atoms with Crippen molar-refractivity contribution in [1.29, 1.82) is 0 Å². The lowest BCUT2D eigenvalue weighted by Gasteiger charge is -2.43. The summed E-state index contributed by atoms with van der Waals surface area (Å²) < 4.78 is 25.4. The van der Waals surface area contributed by atoms with Crippen LogP contribution in [0.15, 0.2) is 23.2 Å². The number of benzene rings is 1. The van der Waals surface area contributed by atoms with Crippen molar-refractivity contribution >= 4 is 18.3 Å². The largest absolute Gasteiger partial charge is 0.508 e. The Morgan fingerprint density at radius 3 is 2.79 bits per heavy atom. The van der Waals surface area contributed by atoms with Crippen LogP contribution in [-0.4, -0.2) is 49.3 Å². The molecule has 1 aliphatic rings. The topological polar surface area (TPSA) is 109 Å². The van der Waals surface area contributed by atoms with Gasteiger partial charge in [-0.1, -0.05) is 0 Å². The van der Waals surface area contributed by atoms with E-state index in [2.05, 4.69) is 15.6 Å². The minimum atomic E-state index is -1.37. The molecule has 0 saturated carbocycles. The molecule has 2 atom stereocenters. The minimum absolute atomic E-state index is 0.0191. The number of hydrogen-bond acceptors (Lipinski definition) is 5. The highest BCUT2D eigenvalue weighted by Gasteiger charge is 2.46. The molecule has 1 heterocycles. The van der Waals surface area contributed by atoms with Gasteiger partial charge in [-0.2, -0.15) is 0 Å². The summed E-state index contributed by atoms with van der Waals surface area (Å²) in [5.74, 6) is -1.50. The fraction of sp³-hybridized carbons (Fsp3) is 0.526. The van der Waals surface area contributed by atoms with Crippen LogP contribution in [0.2, 0.25) is 0 Å². The van der Waals surface area contributed by atoms with E-state index in [1.165, 1.54) is 19.2 Å². The first-order chi connectivity index (χ1) is 13.1. The summed E-state index contributed by atoms with van der Waals surface area (Å²) in [6.07, 6.45) is 0.185. The Balaban J connectivity index is 2.49. The van der Waals surface area contributed by atoms with Gasteiger partial charge in [0, 0.05) is 25.1 Å². The minimum Gasteiger partial charge on any atom is -0.508 e. The number of aldehydes is 1. The highest BCUT2D eigenvalue weighted by molar-refractivity contribution is 5.91. The normalized spacial score (nSPS) is 23.0. The molecule has 1 saturated heterocycles. The van der Waals surface area contributed by atoms with Gasteiger partial charge >= 0.3 is 6.09 Å². The first-order valence-corrected chi connectivity index (χ1v) is 8.91. The van der Waals surface area contributed by atoms with E-state index >= 15 is 0 Å². The lowest BCUT2D eigenvalue weighted by molar-refractivity contribution is -0.119. The predicted molar refractivity (Wildman–Crippen MR) is 101 cm³/mol. The molecule has 1 amide bonds. The molecule has 0 aliphatic carbocycles. The Hall–Kier alpha value is -2.68. The number of phenolic OH excluding ortho intramolecular Hbond substituents is 1. The van der Waals surface area contributed by atoms with Crippen molar-refractivity contribution in [3.8, 4) is 5.75 Å². The van der Waals surface area contributed by atoms with Crippen molar-refractivity contribution in [3.05, 3.63) is 29.6 Å². The molecule has 0 bridgehead atoms. The summed E-state index contributed by atoms with van der Waals surface area (Å²) in [4.78, 5) is 27.7. The molecule has 0 spiro atoms. The van der Waals surface area contributed by atoms with E-state index < -0.39 is 29.0 Å². The van der Waals surface area contributed by atoms with Crippen molar-refractivity contribution in [2.75, 3.05) is 20.3 Å². The second-order valence-corrected chi connectivity index (χ2v) is 7.54. The Bertz CT molecular complexity index is 762. The van der Waals surface area contributed by atoms with Crippen LogP contribution in [0.3, 0.4) is 0 Å². The molecule has 2 unspecified atom stereocenters. The van der Waals surface area contributed by atoms with Gasteiger partial charge in [-0.3, -0.25) is 0 Å². The van der Waals surface area contributed by atoms with Gasteiger partial charge in [-0.05, 0) is 45.4 Å². The first-order valence-electron chi connectivity index (χ1n) is 8.91. The van der Waals surface area contributed by atoms with Crippen molar-refractivity contribution in [2.24, 2.45) is 10.9 Å². The Morgan fingerprint density at radius 1 is 1.46 bits per heavy atom. The standard InChI is InChI=1S/C19H26FN3O5/c1-18(2,3)28-17(26)22-16(21-4)23-19(11-27-8-7-12(19)10-24)14-9-13(25)5-6-15(14)20/h5-6,9-10,12,25H,7-8,11H2,1-4H3,(H2,21,22,23,26). The smallest absolute Gasteiger partial charge is 0.437 e. The van der Waals surface area contributed by atoms with E-state index in [1.807, 2.05) is 0 Å². The monoisotopic (exact) mass is 395 g/mol. The zero-order valence-corrected chi connectivity index (χ0v) is 16.4. The van der Waals surface area contributed by atoms with Crippen LogP contribution in [0, 0.1) is 11.7 Å². The molecule has 3 N–H and O–H groups in total. The summed E-state index contributed by atoms with van der Waals surface area (Å²) >= 11 is 0. The number of aromatic hydroxyl groups is 1. The molecule has 1 aromatic carbocycles. The Kier molecular flexibility index (Phi) is 6.60. The molecule has 154 valence electrons. The Labute approximate surface area is 163 Å². The van der Waals surface area contributed by atoms with E-state index in [0.29, 0.717) is 19.3 Å². The number of phenols is 1. The van der Waals surface area contributed by atoms with E-state index in [1.54, 1.807) is 20.8 Å². The molecule has 1 fully saturated rings. The van der Waals surface area contributed by atoms with Crippen LogP contribution in [-0.2, 0) is 19.8 Å². The number of rotatable bonds is 3. The molecule has 0 aromatic heterocycles. The highest BCUT2D eigenvalue weighted by atomic mass is 19.1. The maximum atomic E-state index is 14.7. The summed E-state index contributed by atoms with van der Waals surface area (Å²) in [6.45, 7) is 5.37. The van der Waals surface area contributed by atoms with Crippen LogP contribution in [0.4, 0.5) is 9.18 Å². The van der Waals surface area contributed by atoms with Crippen molar-refractivity contribution < 1.29 is 28.6 Å². The van der Waals surface area contributed by atoms with E-state index in [9.17, 15) is 19.1 Å². The van der Waals surface area contributed by atoms with Gasteiger partial charge in [0.1, 0.15) is 29.0 Å². The molecule has 28 heavy (non-hydrogen) atoms. The lowest BCUT2D eigenvalue weighted by Crippen LogP contribution is -2.60. The average Bonchev–Trinajstić information content (AvgIpc) is 2.61. The molecule has 2 rings (SSSR count). The molecule has 1 aromatic rings. The quantitative estimate of drug-likeness (QED) is 0.408. The summed E-state index contributed by atoms with van der Waals surface area (Å²) in [7, 11) is 1.52. The third kappa shape index (κ3) is 4.98. The second kappa shape index (κ2) is 8.55. The van der Waals surface area contributed by atoms with E-state index in [4.69, 9.17) is 9.47 Å². The fourth-order valence-corrected chi connectivity index (χ4v) is 3.04. The molecule has 9 heteroatoms. The number of nitrogens with zero attached hydrogens (tertiary/aromatic N) is 1. The van der Waals surface area contributed by atoms with Gasteiger partial charge in [0.2, 0.25) is 5.96 Å². The third-order valence-electron chi connectivity index (χ3n) is 4.31. The zero-order chi connectivity index (χ0) is 20.9. The van der Waals surface area contributed by atoms with Crippen LogP contribution >= 0.6 is 0 Å². The Morgan fingerprint density at radius 2 is 2.18 bits per heavy atom. The molecular weight excluding hydrogens is 369 g/mol. The summed E-state index contributed by atoms with van der Waals surface area (Å²) in [6, 6.07) is 3.54. The second-order valence-electron chi connectivity index (χ2n) is 7.54. The van der Waals surface area contributed by atoms with Gasteiger partial charge in [0.15, 0.2) is 0 Å². The van der Waals surface area contributed by atoms with E-state index in [-0.39, 0.29) is 23.9 Å². The number of guanidine groups is 1. The lowest BCUT2D eigenvalue weighted by atomic mass is 9.76. The van der Waals surface area contributed by atoms with Gasteiger partial charge in [-0.25, -0.2) is 9.18 Å². The summed E-state index contributed by atoms with van der Waals surface area (Å²) in [5, 5.41) is 15.5. The van der Waals surface area contributed by atoms with Crippen molar-refractivity contribution in [2.45, 2.75) is 38.3 Å². The van der Waals surface area contributed by atoms with Gasteiger partial charge < -0.3 is 30.0 Å². The highest BCUT2D eigenvalue weighted by Crippen LogP contribution is 2.37. The molecule has 0 radical (unpaired) electrons. The maximum Gasteiger partial charge on any atom is 0.437 e. The first kappa shape index (κ1) is 21.6. The van der Waals surface area contributed by atoms with Gasteiger partial charge in [0.25, 0.3) is 0 Å². The fourth-order valence-electron chi connectivity index (χ4n) is 3.04.